The van der Waals surface area contributed by atoms with Gasteiger partial charge in [0.05, 0.1) is 7.11 Å². The Morgan fingerprint density at radius 3 is 3.07 bits per heavy atom. The Balaban J connectivity index is 2.19. The second kappa shape index (κ2) is 4.53. The van der Waals surface area contributed by atoms with E-state index in [2.05, 4.69) is 29.3 Å². The Kier molecular flexibility index (Phi) is 3.11. The van der Waals surface area contributed by atoms with Crippen LogP contribution >= 0.6 is 0 Å². The number of ether oxygens (including phenoxy) is 1. The highest BCUT2D eigenvalue weighted by molar-refractivity contribution is 5.51. The van der Waals surface area contributed by atoms with Gasteiger partial charge in [0.2, 0.25) is 0 Å². The summed E-state index contributed by atoms with van der Waals surface area (Å²) in [5, 5.41) is 4.40. The van der Waals surface area contributed by atoms with Crippen LogP contribution in [0, 0.1) is 0 Å². The van der Waals surface area contributed by atoms with Gasteiger partial charge in [-0.2, -0.15) is 0 Å². The van der Waals surface area contributed by atoms with Crippen molar-refractivity contribution in [2.45, 2.75) is 13.0 Å². The average Bonchev–Trinajstić information content (AvgIpc) is 2.30. The van der Waals surface area contributed by atoms with Crippen molar-refractivity contribution in [3.63, 3.8) is 0 Å². The van der Waals surface area contributed by atoms with Gasteiger partial charge in [0.15, 0.2) is 0 Å². The van der Waals surface area contributed by atoms with Gasteiger partial charge in [-0.05, 0) is 19.1 Å². The minimum Gasteiger partial charge on any atom is -0.497 e. The second-order valence-corrected chi connectivity index (χ2v) is 3.87. The minimum absolute atomic E-state index is 0.492. The van der Waals surface area contributed by atoms with Crippen molar-refractivity contribution in [1.29, 1.82) is 0 Å². The molecule has 0 bridgehead atoms. The van der Waals surface area contributed by atoms with E-state index in [1.165, 1.54) is 5.69 Å². The number of piperazine rings is 1. The van der Waals surface area contributed by atoms with Gasteiger partial charge < -0.3 is 9.64 Å². The summed E-state index contributed by atoms with van der Waals surface area (Å²) in [6.07, 6.45) is 0. The molecule has 1 aliphatic heterocycles. The maximum absolute atomic E-state index is 5.23. The zero-order valence-corrected chi connectivity index (χ0v) is 9.31. The van der Waals surface area contributed by atoms with E-state index >= 15 is 0 Å². The van der Waals surface area contributed by atoms with Crippen LogP contribution < -0.4 is 15.0 Å². The molecule has 0 saturated carbocycles. The molecule has 3 nitrogen and oxygen atoms in total. The second-order valence-electron chi connectivity index (χ2n) is 3.87. The molecule has 1 heterocycles. The van der Waals surface area contributed by atoms with E-state index < -0.39 is 0 Å². The molecule has 81 valence electrons. The molecule has 1 fully saturated rings. The summed E-state index contributed by atoms with van der Waals surface area (Å²) in [6, 6.07) is 8.72. The van der Waals surface area contributed by atoms with E-state index in [-0.39, 0.29) is 0 Å². The third kappa shape index (κ3) is 2.23. The summed E-state index contributed by atoms with van der Waals surface area (Å²) in [7, 11) is 1.70. The molecule has 1 aliphatic rings. The summed E-state index contributed by atoms with van der Waals surface area (Å²) >= 11 is 0. The zero-order valence-electron chi connectivity index (χ0n) is 9.31. The van der Waals surface area contributed by atoms with Crippen LogP contribution in [0.3, 0.4) is 0 Å². The van der Waals surface area contributed by atoms with E-state index in [0.717, 1.165) is 25.4 Å². The van der Waals surface area contributed by atoms with Crippen molar-refractivity contribution in [3.8, 4) is 5.75 Å². The van der Waals surface area contributed by atoms with Crippen LogP contribution in [0.4, 0.5) is 5.69 Å². The van der Waals surface area contributed by atoms with Crippen molar-refractivity contribution >= 4 is 5.69 Å². The molecule has 1 aromatic carbocycles. The molecule has 1 unspecified atom stereocenters. The van der Waals surface area contributed by atoms with Crippen LogP contribution in [0.2, 0.25) is 0 Å². The molecular formula is C12H17N2O. The van der Waals surface area contributed by atoms with Crippen molar-refractivity contribution in [3.05, 3.63) is 24.3 Å². The largest absolute Gasteiger partial charge is 0.497 e. The quantitative estimate of drug-likeness (QED) is 0.731. The smallest absolute Gasteiger partial charge is 0.120 e. The van der Waals surface area contributed by atoms with Gasteiger partial charge in [0, 0.05) is 37.4 Å². The summed E-state index contributed by atoms with van der Waals surface area (Å²) in [5.41, 5.74) is 1.23. The standard InChI is InChI=1S/C12H17N2O/c1-10-9-13-6-7-14(10)11-4-3-5-12(8-11)15-2/h3-5,8,10H,6-7,9H2,1-2H3. The first-order chi connectivity index (χ1) is 7.31. The Labute approximate surface area is 91.0 Å². The predicted octanol–water partition coefficient (Wildman–Crippen LogP) is 1.51. The van der Waals surface area contributed by atoms with Gasteiger partial charge >= 0.3 is 0 Å². The van der Waals surface area contributed by atoms with Crippen molar-refractivity contribution in [1.82, 2.24) is 5.32 Å². The number of hydrogen-bond donors (Lipinski definition) is 0. The number of methoxy groups -OCH3 is 1. The topological polar surface area (TPSA) is 26.6 Å². The highest BCUT2D eigenvalue weighted by Crippen LogP contribution is 2.23. The lowest BCUT2D eigenvalue weighted by molar-refractivity contribution is 0.414. The van der Waals surface area contributed by atoms with Crippen LogP contribution in [0.15, 0.2) is 24.3 Å². The molecule has 1 atom stereocenters. The van der Waals surface area contributed by atoms with E-state index in [9.17, 15) is 0 Å². The maximum atomic E-state index is 5.23. The molecule has 1 aromatic rings. The molecule has 15 heavy (non-hydrogen) atoms. The molecule has 0 aliphatic carbocycles. The van der Waals surface area contributed by atoms with E-state index in [1.807, 2.05) is 12.1 Å². The molecule has 1 radical (unpaired) electrons. The molecule has 1 saturated heterocycles. The van der Waals surface area contributed by atoms with Gasteiger partial charge in [-0.15, -0.1) is 0 Å². The highest BCUT2D eigenvalue weighted by Gasteiger charge is 2.18. The van der Waals surface area contributed by atoms with Gasteiger partial charge in [-0.1, -0.05) is 6.07 Å². The predicted molar refractivity (Wildman–Crippen MR) is 61.7 cm³/mol. The Morgan fingerprint density at radius 1 is 1.47 bits per heavy atom. The Hall–Kier alpha value is -1.22. The third-order valence-corrected chi connectivity index (χ3v) is 2.81. The first kappa shape index (κ1) is 10.3. The Morgan fingerprint density at radius 2 is 2.33 bits per heavy atom. The molecule has 0 N–H and O–H groups in total. The number of anilines is 1. The first-order valence-electron chi connectivity index (χ1n) is 5.35. The number of rotatable bonds is 2. The SMILES string of the molecule is COc1cccc(N2CC[N]CC2C)c1. The number of nitrogens with zero attached hydrogens (tertiary/aromatic N) is 2. The lowest BCUT2D eigenvalue weighted by atomic mass is 10.2. The minimum atomic E-state index is 0.492. The third-order valence-electron chi connectivity index (χ3n) is 2.81. The maximum Gasteiger partial charge on any atom is 0.120 e. The Bertz CT molecular complexity index is 327. The monoisotopic (exact) mass is 205 g/mol. The summed E-state index contributed by atoms with van der Waals surface area (Å²) < 4.78 is 5.23. The molecule has 0 aromatic heterocycles. The highest BCUT2D eigenvalue weighted by atomic mass is 16.5. The molecule has 3 heteroatoms. The molecular weight excluding hydrogens is 188 g/mol. The van der Waals surface area contributed by atoms with E-state index in [4.69, 9.17) is 4.74 Å². The van der Waals surface area contributed by atoms with Crippen molar-refractivity contribution in [2.24, 2.45) is 0 Å². The van der Waals surface area contributed by atoms with Crippen LogP contribution in [-0.2, 0) is 0 Å². The molecule has 0 spiro atoms. The number of hydrogen-bond acceptors (Lipinski definition) is 2. The van der Waals surface area contributed by atoms with Crippen LogP contribution in [0.25, 0.3) is 0 Å². The fourth-order valence-electron chi connectivity index (χ4n) is 1.95. The van der Waals surface area contributed by atoms with Crippen LogP contribution in [0.5, 0.6) is 5.75 Å². The molecule has 2 rings (SSSR count). The van der Waals surface area contributed by atoms with Gasteiger partial charge in [-0.3, -0.25) is 0 Å². The molecule has 0 amide bonds. The van der Waals surface area contributed by atoms with Gasteiger partial charge in [0.1, 0.15) is 5.75 Å². The summed E-state index contributed by atoms with van der Waals surface area (Å²) in [6.45, 7) is 5.08. The number of benzene rings is 1. The van der Waals surface area contributed by atoms with Crippen LogP contribution in [0.1, 0.15) is 6.92 Å². The summed E-state index contributed by atoms with van der Waals surface area (Å²) in [5.74, 6) is 0.919. The van der Waals surface area contributed by atoms with Crippen molar-refractivity contribution in [2.75, 3.05) is 31.6 Å². The lowest BCUT2D eigenvalue weighted by Gasteiger charge is -2.35. The zero-order chi connectivity index (χ0) is 10.7. The van der Waals surface area contributed by atoms with Crippen molar-refractivity contribution < 1.29 is 4.74 Å². The fourth-order valence-corrected chi connectivity index (χ4v) is 1.95. The van der Waals surface area contributed by atoms with Gasteiger partial charge in [0.25, 0.3) is 0 Å². The van der Waals surface area contributed by atoms with Crippen LogP contribution in [-0.4, -0.2) is 32.8 Å². The fraction of sp³-hybridized carbons (Fsp3) is 0.500. The summed E-state index contributed by atoms with van der Waals surface area (Å²) in [4.78, 5) is 2.38. The van der Waals surface area contributed by atoms with E-state index in [0.29, 0.717) is 6.04 Å². The normalized spacial score (nSPS) is 21.5. The lowest BCUT2D eigenvalue weighted by Crippen LogP contribution is -2.47. The average molecular weight is 205 g/mol. The first-order valence-corrected chi connectivity index (χ1v) is 5.35. The van der Waals surface area contributed by atoms with E-state index in [1.54, 1.807) is 7.11 Å². The van der Waals surface area contributed by atoms with Gasteiger partial charge in [-0.25, -0.2) is 5.32 Å².